The number of morpholine rings is 1. The van der Waals surface area contributed by atoms with Crippen LogP contribution in [-0.4, -0.2) is 79.8 Å². The van der Waals surface area contributed by atoms with Gasteiger partial charge in [0.25, 0.3) is 0 Å². The summed E-state index contributed by atoms with van der Waals surface area (Å²) >= 11 is 2.03. The van der Waals surface area contributed by atoms with E-state index >= 15 is 0 Å². The van der Waals surface area contributed by atoms with Crippen molar-refractivity contribution in [3.63, 3.8) is 0 Å². The Labute approximate surface area is 102 Å². The molecule has 16 heavy (non-hydrogen) atoms. The maximum atomic E-state index is 5.73. The molecule has 2 fully saturated rings. The first-order valence-electron chi connectivity index (χ1n) is 6.22. The average molecular weight is 245 g/mol. The van der Waals surface area contributed by atoms with Gasteiger partial charge >= 0.3 is 0 Å². The molecular weight excluding hydrogens is 222 g/mol. The van der Waals surface area contributed by atoms with Crippen molar-refractivity contribution >= 4 is 11.8 Å². The van der Waals surface area contributed by atoms with Crippen LogP contribution in [0.15, 0.2) is 0 Å². The molecule has 0 saturated carbocycles. The highest BCUT2D eigenvalue weighted by atomic mass is 32.2. The van der Waals surface area contributed by atoms with Gasteiger partial charge in [0.15, 0.2) is 0 Å². The van der Waals surface area contributed by atoms with Crippen LogP contribution in [0.4, 0.5) is 0 Å². The maximum absolute atomic E-state index is 5.73. The summed E-state index contributed by atoms with van der Waals surface area (Å²) in [6.45, 7) is 9.60. The number of thioether (sulfide) groups is 1. The molecule has 1 atom stereocenters. The highest BCUT2D eigenvalue weighted by Crippen LogP contribution is 2.17. The Morgan fingerprint density at radius 2 is 1.88 bits per heavy atom. The molecule has 2 aliphatic heterocycles. The molecule has 0 spiro atoms. The number of ether oxygens (including phenoxy) is 1. The van der Waals surface area contributed by atoms with Crippen LogP contribution in [0.5, 0.6) is 0 Å². The van der Waals surface area contributed by atoms with E-state index < -0.39 is 0 Å². The second-order valence-corrected chi connectivity index (χ2v) is 5.89. The topological polar surface area (TPSA) is 41.7 Å². The molecule has 0 amide bonds. The van der Waals surface area contributed by atoms with Gasteiger partial charge in [0.2, 0.25) is 0 Å². The molecule has 0 aromatic rings. The van der Waals surface area contributed by atoms with E-state index in [1.807, 2.05) is 11.8 Å². The zero-order valence-corrected chi connectivity index (χ0v) is 10.8. The van der Waals surface area contributed by atoms with E-state index in [1.54, 1.807) is 0 Å². The number of hydrogen-bond donors (Lipinski definition) is 1. The van der Waals surface area contributed by atoms with Gasteiger partial charge in [-0.1, -0.05) is 0 Å². The van der Waals surface area contributed by atoms with Crippen molar-refractivity contribution in [1.29, 1.82) is 0 Å². The van der Waals surface area contributed by atoms with Gasteiger partial charge in [-0.15, -0.1) is 0 Å². The Hall–Kier alpha value is 0.190. The van der Waals surface area contributed by atoms with Crippen LogP contribution < -0.4 is 5.73 Å². The van der Waals surface area contributed by atoms with Crippen molar-refractivity contribution in [2.75, 3.05) is 64.8 Å². The molecule has 4 nitrogen and oxygen atoms in total. The van der Waals surface area contributed by atoms with E-state index in [2.05, 4.69) is 9.80 Å². The summed E-state index contributed by atoms with van der Waals surface area (Å²) < 4.78 is 5.35. The van der Waals surface area contributed by atoms with Crippen molar-refractivity contribution in [3.8, 4) is 0 Å². The van der Waals surface area contributed by atoms with Gasteiger partial charge in [-0.2, -0.15) is 11.8 Å². The Bertz CT molecular complexity index is 200. The van der Waals surface area contributed by atoms with E-state index in [1.165, 1.54) is 31.9 Å². The SMILES string of the molecule is NCC1CN(CCN2CCOCC2)CCS1. The largest absolute Gasteiger partial charge is 0.379 e. The Morgan fingerprint density at radius 1 is 1.12 bits per heavy atom. The van der Waals surface area contributed by atoms with Crippen molar-refractivity contribution in [2.24, 2.45) is 5.73 Å². The minimum absolute atomic E-state index is 0.651. The molecule has 0 bridgehead atoms. The molecule has 2 saturated heterocycles. The lowest BCUT2D eigenvalue weighted by molar-refractivity contribution is 0.0335. The maximum Gasteiger partial charge on any atom is 0.0594 e. The predicted molar refractivity (Wildman–Crippen MR) is 69.0 cm³/mol. The fraction of sp³-hybridized carbons (Fsp3) is 1.00. The van der Waals surface area contributed by atoms with Gasteiger partial charge < -0.3 is 15.4 Å². The molecule has 2 rings (SSSR count). The van der Waals surface area contributed by atoms with Gasteiger partial charge in [0, 0.05) is 56.8 Å². The second kappa shape index (κ2) is 6.81. The van der Waals surface area contributed by atoms with Crippen LogP contribution in [0, 0.1) is 0 Å². The predicted octanol–water partition coefficient (Wildman–Crippen LogP) is -0.305. The summed E-state index contributed by atoms with van der Waals surface area (Å²) in [5.74, 6) is 1.24. The third-order valence-corrected chi connectivity index (χ3v) is 4.55. The zero-order valence-electron chi connectivity index (χ0n) is 9.94. The van der Waals surface area contributed by atoms with Crippen LogP contribution in [0.2, 0.25) is 0 Å². The van der Waals surface area contributed by atoms with E-state index in [0.717, 1.165) is 32.8 Å². The summed E-state index contributed by atoms with van der Waals surface area (Å²) in [5.41, 5.74) is 5.73. The second-order valence-electron chi connectivity index (χ2n) is 4.48. The molecule has 94 valence electrons. The lowest BCUT2D eigenvalue weighted by atomic mass is 10.3. The molecule has 1 unspecified atom stereocenters. The fourth-order valence-electron chi connectivity index (χ4n) is 2.23. The summed E-state index contributed by atoms with van der Waals surface area (Å²) in [6.07, 6.45) is 0. The lowest BCUT2D eigenvalue weighted by Crippen LogP contribution is -2.46. The molecule has 2 heterocycles. The van der Waals surface area contributed by atoms with Crippen molar-refractivity contribution < 1.29 is 4.74 Å². The molecule has 2 N–H and O–H groups in total. The first-order chi connectivity index (χ1) is 7.88. The summed E-state index contributed by atoms with van der Waals surface area (Å²) in [4.78, 5) is 5.06. The van der Waals surface area contributed by atoms with E-state index in [4.69, 9.17) is 10.5 Å². The van der Waals surface area contributed by atoms with Crippen LogP contribution in [0.3, 0.4) is 0 Å². The highest BCUT2D eigenvalue weighted by molar-refractivity contribution is 8.00. The summed E-state index contributed by atoms with van der Waals surface area (Å²) in [7, 11) is 0. The Balaban J connectivity index is 1.64. The number of hydrogen-bond acceptors (Lipinski definition) is 5. The molecule has 2 aliphatic rings. The van der Waals surface area contributed by atoms with Gasteiger partial charge in [0.05, 0.1) is 13.2 Å². The fourth-order valence-corrected chi connectivity index (χ4v) is 3.38. The summed E-state index contributed by atoms with van der Waals surface area (Å²) in [6, 6.07) is 0. The lowest BCUT2D eigenvalue weighted by Gasteiger charge is -2.34. The van der Waals surface area contributed by atoms with E-state index in [0.29, 0.717) is 5.25 Å². The molecule has 5 heteroatoms. The third kappa shape index (κ3) is 3.89. The van der Waals surface area contributed by atoms with Gasteiger partial charge in [-0.25, -0.2) is 0 Å². The van der Waals surface area contributed by atoms with Crippen molar-refractivity contribution in [2.45, 2.75) is 5.25 Å². The molecular formula is C11H23N3OS. The normalized spacial score (nSPS) is 29.4. The van der Waals surface area contributed by atoms with Gasteiger partial charge in [0.1, 0.15) is 0 Å². The monoisotopic (exact) mass is 245 g/mol. The smallest absolute Gasteiger partial charge is 0.0594 e. The van der Waals surface area contributed by atoms with Crippen LogP contribution in [-0.2, 0) is 4.74 Å². The summed E-state index contributed by atoms with van der Waals surface area (Å²) in [5, 5.41) is 0.651. The molecule has 0 radical (unpaired) electrons. The van der Waals surface area contributed by atoms with E-state index in [-0.39, 0.29) is 0 Å². The van der Waals surface area contributed by atoms with Crippen molar-refractivity contribution in [1.82, 2.24) is 9.80 Å². The van der Waals surface area contributed by atoms with Gasteiger partial charge in [-0.05, 0) is 0 Å². The third-order valence-electron chi connectivity index (χ3n) is 3.32. The minimum atomic E-state index is 0.651. The first-order valence-corrected chi connectivity index (χ1v) is 7.27. The average Bonchev–Trinajstić information content (AvgIpc) is 2.38. The highest BCUT2D eigenvalue weighted by Gasteiger charge is 2.19. The van der Waals surface area contributed by atoms with Crippen molar-refractivity contribution in [3.05, 3.63) is 0 Å². The molecule has 0 aliphatic carbocycles. The molecule has 0 aromatic carbocycles. The van der Waals surface area contributed by atoms with Crippen LogP contribution in [0.25, 0.3) is 0 Å². The molecule has 0 aromatic heterocycles. The Morgan fingerprint density at radius 3 is 2.62 bits per heavy atom. The first kappa shape index (κ1) is 12.6. The minimum Gasteiger partial charge on any atom is -0.379 e. The quantitative estimate of drug-likeness (QED) is 0.736. The zero-order chi connectivity index (χ0) is 11.2. The van der Waals surface area contributed by atoms with Crippen LogP contribution in [0.1, 0.15) is 0 Å². The number of nitrogens with zero attached hydrogens (tertiary/aromatic N) is 2. The Kier molecular flexibility index (Phi) is 5.38. The van der Waals surface area contributed by atoms with Crippen LogP contribution >= 0.6 is 11.8 Å². The number of nitrogens with two attached hydrogens (primary N) is 1. The number of rotatable bonds is 4. The van der Waals surface area contributed by atoms with Gasteiger partial charge in [-0.3, -0.25) is 4.90 Å². The standard InChI is InChI=1S/C11H23N3OS/c12-9-11-10-14(5-8-16-11)2-1-13-3-6-15-7-4-13/h11H,1-10,12H2. The van der Waals surface area contributed by atoms with E-state index in [9.17, 15) is 0 Å².